The summed E-state index contributed by atoms with van der Waals surface area (Å²) in [5.41, 5.74) is 0.664. The Kier molecular flexibility index (Phi) is 4.13. The van der Waals surface area contributed by atoms with E-state index in [1.807, 2.05) is 0 Å². The van der Waals surface area contributed by atoms with E-state index in [1.165, 1.54) is 34.9 Å². The lowest BCUT2D eigenvalue weighted by atomic mass is 9.90. The number of thiophene rings is 1. The quantitative estimate of drug-likeness (QED) is 0.733. The maximum Gasteiger partial charge on any atom is 0.225 e. The van der Waals surface area contributed by atoms with Crippen molar-refractivity contribution in [3.63, 3.8) is 0 Å². The fourth-order valence-electron chi connectivity index (χ4n) is 3.14. The highest BCUT2D eigenvalue weighted by Gasteiger charge is 2.35. The molecule has 2 aromatic carbocycles. The van der Waals surface area contributed by atoms with Crippen molar-refractivity contribution < 1.29 is 17.6 Å². The van der Waals surface area contributed by atoms with Crippen LogP contribution in [0.15, 0.2) is 69.8 Å². The minimum atomic E-state index is -3.77. The van der Waals surface area contributed by atoms with Crippen LogP contribution < -0.4 is 5.32 Å². The van der Waals surface area contributed by atoms with Gasteiger partial charge in [-0.25, -0.2) is 12.8 Å². The molecular formula is C19H14FNO3S2. The van der Waals surface area contributed by atoms with Crippen molar-refractivity contribution in [1.82, 2.24) is 0 Å². The minimum Gasteiger partial charge on any atom is -0.324 e. The third kappa shape index (κ3) is 2.73. The molecule has 132 valence electrons. The molecule has 4 nitrogen and oxygen atoms in total. The van der Waals surface area contributed by atoms with Crippen LogP contribution in [0.4, 0.5) is 10.1 Å². The molecule has 0 saturated carbocycles. The number of nitrogens with one attached hydrogen (secondary N) is 1. The molecule has 1 atom stereocenters. The number of hydrogen-bond donors (Lipinski definition) is 1. The predicted octanol–water partition coefficient (Wildman–Crippen LogP) is 4.19. The Hall–Kier alpha value is -2.51. The van der Waals surface area contributed by atoms with Crippen LogP contribution in [0.2, 0.25) is 0 Å². The smallest absolute Gasteiger partial charge is 0.225 e. The van der Waals surface area contributed by atoms with E-state index in [0.29, 0.717) is 10.4 Å². The number of sulfone groups is 1. The van der Waals surface area contributed by atoms with E-state index >= 15 is 0 Å². The Morgan fingerprint density at radius 1 is 1.04 bits per heavy atom. The van der Waals surface area contributed by atoms with E-state index in [4.69, 9.17) is 0 Å². The number of carbonyl (C=O) groups excluding carboxylic acids is 1. The van der Waals surface area contributed by atoms with Crippen molar-refractivity contribution in [3.05, 3.63) is 76.2 Å². The van der Waals surface area contributed by atoms with Crippen molar-refractivity contribution in [3.8, 4) is 0 Å². The first-order valence-electron chi connectivity index (χ1n) is 7.94. The number of benzene rings is 2. The average molecular weight is 387 g/mol. The molecule has 0 spiro atoms. The summed E-state index contributed by atoms with van der Waals surface area (Å²) in [4.78, 5) is 13.1. The fourth-order valence-corrected chi connectivity index (χ4v) is 6.06. The van der Waals surface area contributed by atoms with Gasteiger partial charge in [0.05, 0.1) is 10.6 Å². The maximum absolute atomic E-state index is 14.3. The number of hydrogen-bond acceptors (Lipinski definition) is 4. The van der Waals surface area contributed by atoms with E-state index in [2.05, 4.69) is 5.32 Å². The standard InChI is InChI=1S/C19H14FNO3S2/c20-15-9-5-4-8-13(15)14-10-17(22)21-18-16(11-25-19(14)18)26(23,24)12-6-2-1-3-7-12/h1-9,11,14H,10H2,(H,21,22)/t14-/m1/s1. The lowest BCUT2D eigenvalue weighted by molar-refractivity contribution is -0.116. The van der Waals surface area contributed by atoms with Gasteiger partial charge in [0, 0.05) is 22.6 Å². The zero-order valence-electron chi connectivity index (χ0n) is 13.5. The zero-order valence-corrected chi connectivity index (χ0v) is 15.1. The lowest BCUT2D eigenvalue weighted by Crippen LogP contribution is -2.24. The molecular weight excluding hydrogens is 373 g/mol. The van der Waals surface area contributed by atoms with E-state index < -0.39 is 21.6 Å². The Bertz CT molecular complexity index is 1090. The van der Waals surface area contributed by atoms with Gasteiger partial charge >= 0.3 is 0 Å². The van der Waals surface area contributed by atoms with Crippen molar-refractivity contribution in [2.45, 2.75) is 22.1 Å². The molecule has 1 N–H and O–H groups in total. The van der Waals surface area contributed by atoms with Gasteiger partial charge in [0.25, 0.3) is 0 Å². The Balaban J connectivity index is 1.86. The highest BCUT2D eigenvalue weighted by molar-refractivity contribution is 7.91. The van der Waals surface area contributed by atoms with Gasteiger partial charge in [0.1, 0.15) is 10.7 Å². The van der Waals surface area contributed by atoms with Crippen molar-refractivity contribution >= 4 is 32.8 Å². The van der Waals surface area contributed by atoms with Gasteiger partial charge in [0.15, 0.2) is 0 Å². The molecule has 0 bridgehead atoms. The summed E-state index contributed by atoms with van der Waals surface area (Å²) in [6, 6.07) is 14.3. The SMILES string of the molecule is O=C1C[C@H](c2ccccc2F)c2scc(S(=O)(=O)c3ccccc3)c2N1. The summed E-state index contributed by atoms with van der Waals surface area (Å²) in [6.07, 6.45) is 0.0826. The van der Waals surface area contributed by atoms with E-state index in [0.717, 1.165) is 0 Å². The van der Waals surface area contributed by atoms with Crippen LogP contribution in [-0.4, -0.2) is 14.3 Å². The maximum atomic E-state index is 14.3. The topological polar surface area (TPSA) is 63.2 Å². The summed E-state index contributed by atoms with van der Waals surface area (Å²) in [7, 11) is -3.77. The van der Waals surface area contributed by atoms with E-state index in [-0.39, 0.29) is 27.8 Å². The number of halogens is 1. The van der Waals surface area contributed by atoms with Gasteiger partial charge in [-0.15, -0.1) is 11.3 Å². The predicted molar refractivity (Wildman–Crippen MR) is 97.7 cm³/mol. The summed E-state index contributed by atoms with van der Waals surface area (Å²) in [5.74, 6) is -1.22. The normalized spacial score (nSPS) is 16.8. The summed E-state index contributed by atoms with van der Waals surface area (Å²) >= 11 is 1.23. The van der Waals surface area contributed by atoms with Crippen LogP contribution in [0.1, 0.15) is 22.8 Å². The fraction of sp³-hybridized carbons (Fsp3) is 0.105. The number of rotatable bonds is 3. The van der Waals surface area contributed by atoms with Crippen LogP contribution in [0.3, 0.4) is 0 Å². The third-order valence-corrected chi connectivity index (χ3v) is 7.42. The van der Waals surface area contributed by atoms with Crippen LogP contribution in [-0.2, 0) is 14.6 Å². The number of carbonyl (C=O) groups is 1. The monoisotopic (exact) mass is 387 g/mol. The molecule has 3 aromatic rings. The first-order chi connectivity index (χ1) is 12.5. The summed E-state index contributed by atoms with van der Waals surface area (Å²) < 4.78 is 40.2. The molecule has 26 heavy (non-hydrogen) atoms. The highest BCUT2D eigenvalue weighted by Crippen LogP contribution is 2.46. The lowest BCUT2D eigenvalue weighted by Gasteiger charge is -2.24. The first-order valence-corrected chi connectivity index (χ1v) is 10.3. The Labute approximate surface area is 154 Å². The second-order valence-corrected chi connectivity index (χ2v) is 8.81. The van der Waals surface area contributed by atoms with Crippen molar-refractivity contribution in [2.24, 2.45) is 0 Å². The molecule has 0 unspecified atom stereocenters. The van der Waals surface area contributed by atoms with Crippen molar-refractivity contribution in [1.29, 1.82) is 0 Å². The molecule has 1 aliphatic rings. The second kappa shape index (κ2) is 6.34. The summed E-state index contributed by atoms with van der Waals surface area (Å²) in [6.45, 7) is 0. The first kappa shape index (κ1) is 16.9. The molecule has 0 saturated heterocycles. The molecule has 1 aliphatic heterocycles. The minimum absolute atomic E-state index is 0.0538. The Morgan fingerprint density at radius 2 is 1.73 bits per heavy atom. The van der Waals surface area contributed by atoms with Crippen LogP contribution in [0.5, 0.6) is 0 Å². The molecule has 1 aromatic heterocycles. The van der Waals surface area contributed by atoms with Gasteiger partial charge < -0.3 is 5.32 Å². The number of anilines is 1. The summed E-state index contributed by atoms with van der Waals surface area (Å²) in [5, 5.41) is 4.19. The van der Waals surface area contributed by atoms with Gasteiger partial charge in [-0.05, 0) is 23.8 Å². The number of fused-ring (bicyclic) bond motifs is 1. The van der Waals surface area contributed by atoms with Crippen LogP contribution >= 0.6 is 11.3 Å². The van der Waals surface area contributed by atoms with Gasteiger partial charge in [-0.1, -0.05) is 36.4 Å². The molecule has 0 radical (unpaired) electrons. The molecule has 4 rings (SSSR count). The van der Waals surface area contributed by atoms with Gasteiger partial charge in [-0.2, -0.15) is 0 Å². The molecule has 0 fully saturated rings. The molecule has 0 aliphatic carbocycles. The van der Waals surface area contributed by atoms with E-state index in [9.17, 15) is 17.6 Å². The average Bonchev–Trinajstić information content (AvgIpc) is 3.07. The molecule has 1 amide bonds. The molecule has 2 heterocycles. The third-order valence-electron chi connectivity index (χ3n) is 4.38. The molecule has 7 heteroatoms. The van der Waals surface area contributed by atoms with Gasteiger partial charge in [-0.3, -0.25) is 4.79 Å². The zero-order chi connectivity index (χ0) is 18.3. The van der Waals surface area contributed by atoms with Crippen LogP contribution in [0, 0.1) is 5.82 Å². The highest BCUT2D eigenvalue weighted by atomic mass is 32.2. The van der Waals surface area contributed by atoms with Crippen LogP contribution in [0.25, 0.3) is 0 Å². The number of amides is 1. The van der Waals surface area contributed by atoms with Crippen molar-refractivity contribution in [2.75, 3.05) is 5.32 Å². The Morgan fingerprint density at radius 3 is 2.46 bits per heavy atom. The second-order valence-electron chi connectivity index (χ2n) is 5.98. The largest absolute Gasteiger partial charge is 0.324 e. The van der Waals surface area contributed by atoms with Gasteiger partial charge in [0.2, 0.25) is 15.7 Å². The van der Waals surface area contributed by atoms with E-state index in [1.54, 1.807) is 36.4 Å².